The predicted molar refractivity (Wildman–Crippen MR) is 96.4 cm³/mol. The summed E-state index contributed by atoms with van der Waals surface area (Å²) >= 11 is 0. The van der Waals surface area contributed by atoms with Crippen LogP contribution in [0.1, 0.15) is 11.1 Å². The van der Waals surface area contributed by atoms with Crippen LogP contribution in [-0.2, 0) is 5.60 Å². The number of rotatable bonds is 4. The van der Waals surface area contributed by atoms with Gasteiger partial charge in [0, 0.05) is 5.39 Å². The lowest BCUT2D eigenvalue weighted by Crippen LogP contribution is -2.29. The van der Waals surface area contributed by atoms with Crippen molar-refractivity contribution in [2.24, 2.45) is 0 Å². The van der Waals surface area contributed by atoms with Crippen LogP contribution in [0.3, 0.4) is 0 Å². The zero-order chi connectivity index (χ0) is 18.1. The number of hydrogen-bond donors (Lipinski definition) is 1. The Kier molecular flexibility index (Phi) is 4.01. The lowest BCUT2D eigenvalue weighted by molar-refractivity contribution is 0.0516. The molecular weight excluding hydrogens is 334 g/mol. The van der Waals surface area contributed by atoms with E-state index in [4.69, 9.17) is 0 Å². The Labute approximate surface area is 149 Å². The van der Waals surface area contributed by atoms with Crippen molar-refractivity contribution in [3.63, 3.8) is 0 Å². The Morgan fingerprint density at radius 2 is 1.69 bits per heavy atom. The predicted octanol–water partition coefficient (Wildman–Crippen LogP) is 4.37. The van der Waals surface area contributed by atoms with Crippen molar-refractivity contribution >= 4 is 10.9 Å². The maximum absolute atomic E-state index is 13.8. The lowest BCUT2D eigenvalue weighted by Gasteiger charge is -2.26. The molecule has 4 rings (SSSR count). The smallest absolute Gasteiger partial charge is 0.143 e. The minimum atomic E-state index is -1.91. The first kappa shape index (κ1) is 16.4. The fraction of sp³-hybridized carbons (Fsp3) is 0.0952. The largest absolute Gasteiger partial charge is 0.378 e. The first-order valence-electron chi connectivity index (χ1n) is 8.20. The minimum Gasteiger partial charge on any atom is -0.378 e. The van der Waals surface area contributed by atoms with Gasteiger partial charge in [0.05, 0.1) is 17.4 Å². The highest BCUT2D eigenvalue weighted by molar-refractivity contribution is 5.81. The maximum atomic E-state index is 13.8. The van der Waals surface area contributed by atoms with E-state index in [9.17, 15) is 13.9 Å². The standard InChI is InChI=1S/C21H16F2N2O/c22-14-21(26,16-5-4-6-18(23)12-16)17-9-10-20-15(11-17)13-24-25(20)19-7-2-1-3-8-19/h1-13,26H,14H2. The molecule has 1 unspecified atom stereocenters. The van der Waals surface area contributed by atoms with Gasteiger partial charge in [-0.25, -0.2) is 13.5 Å². The van der Waals surface area contributed by atoms with E-state index in [0.29, 0.717) is 5.56 Å². The highest BCUT2D eigenvalue weighted by Gasteiger charge is 2.32. The monoisotopic (exact) mass is 350 g/mol. The molecule has 5 heteroatoms. The summed E-state index contributed by atoms with van der Waals surface area (Å²) in [4.78, 5) is 0. The number of benzene rings is 3. The summed E-state index contributed by atoms with van der Waals surface area (Å²) in [6, 6.07) is 20.1. The molecule has 0 spiro atoms. The Morgan fingerprint density at radius 3 is 2.42 bits per heavy atom. The van der Waals surface area contributed by atoms with E-state index in [-0.39, 0.29) is 5.56 Å². The van der Waals surface area contributed by atoms with Crippen molar-refractivity contribution in [1.82, 2.24) is 9.78 Å². The van der Waals surface area contributed by atoms with Crippen LogP contribution in [0.25, 0.3) is 16.6 Å². The van der Waals surface area contributed by atoms with Gasteiger partial charge in [0.1, 0.15) is 18.1 Å². The van der Waals surface area contributed by atoms with E-state index < -0.39 is 18.1 Å². The van der Waals surface area contributed by atoms with E-state index in [0.717, 1.165) is 22.7 Å². The van der Waals surface area contributed by atoms with Crippen molar-refractivity contribution < 1.29 is 13.9 Å². The third kappa shape index (κ3) is 2.66. The van der Waals surface area contributed by atoms with E-state index in [1.54, 1.807) is 29.1 Å². The number of hydrogen-bond acceptors (Lipinski definition) is 2. The van der Waals surface area contributed by atoms with Gasteiger partial charge >= 0.3 is 0 Å². The number of alkyl halides is 1. The number of para-hydroxylation sites is 1. The second-order valence-electron chi connectivity index (χ2n) is 6.17. The lowest BCUT2D eigenvalue weighted by atomic mass is 9.87. The normalized spacial score (nSPS) is 13.7. The molecule has 1 aromatic heterocycles. The van der Waals surface area contributed by atoms with Crippen LogP contribution in [0.15, 0.2) is 79.0 Å². The fourth-order valence-corrected chi connectivity index (χ4v) is 3.13. The van der Waals surface area contributed by atoms with E-state index >= 15 is 0 Å². The summed E-state index contributed by atoms with van der Waals surface area (Å²) in [7, 11) is 0. The summed E-state index contributed by atoms with van der Waals surface area (Å²) in [6.45, 7) is -1.06. The van der Waals surface area contributed by atoms with Crippen molar-refractivity contribution in [3.05, 3.63) is 95.9 Å². The summed E-state index contributed by atoms with van der Waals surface area (Å²) in [5, 5.41) is 16.0. The second kappa shape index (κ2) is 6.35. The molecule has 0 saturated carbocycles. The average Bonchev–Trinajstić information content (AvgIpc) is 3.11. The molecule has 0 bridgehead atoms. The van der Waals surface area contributed by atoms with Gasteiger partial charge in [-0.05, 0) is 47.5 Å². The Hall–Kier alpha value is -3.05. The van der Waals surface area contributed by atoms with Crippen molar-refractivity contribution in [2.75, 3.05) is 6.67 Å². The van der Waals surface area contributed by atoms with Gasteiger partial charge in [-0.15, -0.1) is 0 Å². The first-order chi connectivity index (χ1) is 12.6. The molecule has 1 N–H and O–H groups in total. The molecule has 0 aliphatic carbocycles. The minimum absolute atomic E-state index is 0.176. The molecule has 1 heterocycles. The molecule has 0 fully saturated rings. The number of aromatic nitrogens is 2. The summed E-state index contributed by atoms with van der Waals surface area (Å²) in [6.07, 6.45) is 1.66. The third-order valence-corrected chi connectivity index (χ3v) is 4.54. The van der Waals surface area contributed by atoms with Gasteiger partial charge in [-0.3, -0.25) is 0 Å². The van der Waals surface area contributed by atoms with Crippen LogP contribution in [0.2, 0.25) is 0 Å². The Bertz CT molecular complexity index is 1060. The van der Waals surface area contributed by atoms with Gasteiger partial charge in [0.2, 0.25) is 0 Å². The quantitative estimate of drug-likeness (QED) is 0.593. The number of nitrogens with zero attached hydrogens (tertiary/aromatic N) is 2. The van der Waals surface area contributed by atoms with Gasteiger partial charge in [0.15, 0.2) is 0 Å². The van der Waals surface area contributed by atoms with E-state index in [1.165, 1.54) is 18.2 Å². The molecule has 0 saturated heterocycles. The molecular formula is C21H16F2N2O. The first-order valence-corrected chi connectivity index (χ1v) is 8.20. The van der Waals surface area contributed by atoms with Crippen LogP contribution < -0.4 is 0 Å². The van der Waals surface area contributed by atoms with Crippen LogP contribution in [0.5, 0.6) is 0 Å². The Balaban J connectivity index is 1.82. The molecule has 26 heavy (non-hydrogen) atoms. The number of fused-ring (bicyclic) bond motifs is 1. The highest BCUT2D eigenvalue weighted by atomic mass is 19.1. The fourth-order valence-electron chi connectivity index (χ4n) is 3.13. The molecule has 0 aliphatic heterocycles. The Morgan fingerprint density at radius 1 is 0.923 bits per heavy atom. The molecule has 0 amide bonds. The summed E-state index contributed by atoms with van der Waals surface area (Å²) < 4.78 is 29.1. The van der Waals surface area contributed by atoms with Gasteiger partial charge in [-0.1, -0.05) is 36.4 Å². The molecule has 0 radical (unpaired) electrons. The molecule has 0 aliphatic rings. The van der Waals surface area contributed by atoms with Crippen molar-refractivity contribution in [3.8, 4) is 5.69 Å². The maximum Gasteiger partial charge on any atom is 0.143 e. The average molecular weight is 350 g/mol. The highest BCUT2D eigenvalue weighted by Crippen LogP contribution is 2.33. The number of halogens is 2. The van der Waals surface area contributed by atoms with Crippen LogP contribution >= 0.6 is 0 Å². The zero-order valence-electron chi connectivity index (χ0n) is 13.8. The summed E-state index contributed by atoms with van der Waals surface area (Å²) in [5.41, 5.74) is 0.354. The van der Waals surface area contributed by atoms with Crippen LogP contribution in [-0.4, -0.2) is 21.6 Å². The van der Waals surface area contributed by atoms with Crippen LogP contribution in [0.4, 0.5) is 8.78 Å². The molecule has 1 atom stereocenters. The van der Waals surface area contributed by atoms with Gasteiger partial charge in [0.25, 0.3) is 0 Å². The van der Waals surface area contributed by atoms with Crippen LogP contribution in [0, 0.1) is 5.82 Å². The number of aliphatic hydroxyl groups is 1. The van der Waals surface area contributed by atoms with E-state index in [2.05, 4.69) is 5.10 Å². The second-order valence-corrected chi connectivity index (χ2v) is 6.17. The van der Waals surface area contributed by atoms with Gasteiger partial charge < -0.3 is 5.11 Å². The van der Waals surface area contributed by atoms with E-state index in [1.807, 2.05) is 30.3 Å². The topological polar surface area (TPSA) is 38.1 Å². The SMILES string of the molecule is OC(CF)(c1cccc(F)c1)c1ccc2c(cnn2-c2ccccc2)c1. The third-order valence-electron chi connectivity index (χ3n) is 4.54. The van der Waals surface area contributed by atoms with Crippen molar-refractivity contribution in [1.29, 1.82) is 0 Å². The summed E-state index contributed by atoms with van der Waals surface area (Å²) in [5.74, 6) is -0.521. The van der Waals surface area contributed by atoms with Gasteiger partial charge in [-0.2, -0.15) is 5.10 Å². The molecule has 3 aromatic carbocycles. The molecule has 130 valence electrons. The van der Waals surface area contributed by atoms with Crippen molar-refractivity contribution in [2.45, 2.75) is 5.60 Å². The molecule has 4 aromatic rings. The molecule has 3 nitrogen and oxygen atoms in total. The zero-order valence-corrected chi connectivity index (χ0v) is 13.8.